The highest BCUT2D eigenvalue weighted by molar-refractivity contribution is 5.96. The van der Waals surface area contributed by atoms with E-state index in [0.717, 1.165) is 6.07 Å². The van der Waals surface area contributed by atoms with Crippen LogP contribution in [0.15, 0.2) is 12.1 Å². The van der Waals surface area contributed by atoms with Crippen molar-refractivity contribution in [2.45, 2.75) is 13.3 Å². The highest BCUT2D eigenvalue weighted by atomic mass is 19.1. The molecule has 9 heteroatoms. The van der Waals surface area contributed by atoms with Crippen LogP contribution in [0.25, 0.3) is 0 Å². The molecule has 114 valence electrons. The average Bonchev–Trinajstić information content (AvgIpc) is 2.39. The van der Waals surface area contributed by atoms with Crippen molar-refractivity contribution in [3.05, 3.63) is 33.6 Å². The number of hydrogen-bond donors (Lipinski definition) is 2. The number of carboxylic acids is 1. The van der Waals surface area contributed by atoms with Crippen LogP contribution in [-0.2, 0) is 9.53 Å². The van der Waals surface area contributed by atoms with Crippen molar-refractivity contribution in [2.24, 2.45) is 0 Å². The highest BCUT2D eigenvalue weighted by Crippen LogP contribution is 2.27. The first-order chi connectivity index (χ1) is 9.86. The van der Waals surface area contributed by atoms with E-state index in [-0.39, 0.29) is 30.8 Å². The minimum absolute atomic E-state index is 0.0116. The smallest absolute Gasteiger partial charge is 0.340 e. The predicted molar refractivity (Wildman–Crippen MR) is 69.8 cm³/mol. The third-order valence-electron chi connectivity index (χ3n) is 2.42. The lowest BCUT2D eigenvalue weighted by Gasteiger charge is -2.11. The Bertz CT molecular complexity index is 575. The van der Waals surface area contributed by atoms with Crippen LogP contribution in [0.5, 0.6) is 0 Å². The quantitative estimate of drug-likeness (QED) is 0.447. The van der Waals surface area contributed by atoms with Gasteiger partial charge in [-0.2, -0.15) is 0 Å². The molecule has 0 spiro atoms. The summed E-state index contributed by atoms with van der Waals surface area (Å²) in [5.41, 5.74) is -1.27. The van der Waals surface area contributed by atoms with Gasteiger partial charge in [0.2, 0.25) is 0 Å². The number of aliphatic carboxylic acids is 1. The summed E-state index contributed by atoms with van der Waals surface area (Å²) in [5.74, 6) is -3.07. The number of rotatable bonds is 7. The van der Waals surface area contributed by atoms with Gasteiger partial charge in [0.15, 0.2) is 5.82 Å². The minimum atomic E-state index is -1.11. The lowest BCUT2D eigenvalue weighted by Crippen LogP contribution is -2.14. The Kier molecular flexibility index (Phi) is 5.58. The van der Waals surface area contributed by atoms with Crippen LogP contribution in [0.4, 0.5) is 15.8 Å². The number of carboxylic acid groups (broad SMARTS) is 1. The van der Waals surface area contributed by atoms with Gasteiger partial charge in [-0.1, -0.05) is 0 Å². The third-order valence-corrected chi connectivity index (χ3v) is 2.42. The standard InChI is InChI=1S/C12H13FN2O6/c1-2-21-12(18)8-5-7(15(19)20)6-9(13)11(8)14-4-3-10(16)17/h5-6,14H,2-4H2,1H3,(H,16,17). The number of halogens is 1. The zero-order valence-corrected chi connectivity index (χ0v) is 11.1. The number of nitrogens with one attached hydrogen (secondary N) is 1. The van der Waals surface area contributed by atoms with E-state index in [1.165, 1.54) is 6.92 Å². The van der Waals surface area contributed by atoms with Crippen molar-refractivity contribution in [3.8, 4) is 0 Å². The summed E-state index contributed by atoms with van der Waals surface area (Å²) in [6.07, 6.45) is -0.307. The molecule has 2 N–H and O–H groups in total. The number of nitro groups is 1. The summed E-state index contributed by atoms with van der Waals surface area (Å²) >= 11 is 0. The van der Waals surface area contributed by atoms with E-state index in [1.54, 1.807) is 0 Å². The molecule has 0 saturated carbocycles. The molecule has 0 fully saturated rings. The molecule has 0 radical (unpaired) electrons. The lowest BCUT2D eigenvalue weighted by atomic mass is 10.1. The molecular weight excluding hydrogens is 287 g/mol. The molecule has 1 aromatic rings. The number of non-ortho nitro benzene ring substituents is 1. The second-order valence-electron chi connectivity index (χ2n) is 3.90. The summed E-state index contributed by atoms with van der Waals surface area (Å²) in [6, 6.07) is 1.52. The number of hydrogen-bond acceptors (Lipinski definition) is 6. The number of nitrogens with zero attached hydrogens (tertiary/aromatic N) is 1. The number of ether oxygens (including phenoxy) is 1. The monoisotopic (exact) mass is 300 g/mol. The van der Waals surface area contributed by atoms with Gasteiger partial charge in [-0.25, -0.2) is 9.18 Å². The fourth-order valence-corrected chi connectivity index (χ4v) is 1.54. The molecule has 0 saturated heterocycles. The van der Waals surface area contributed by atoms with E-state index in [4.69, 9.17) is 9.84 Å². The van der Waals surface area contributed by atoms with Crippen molar-refractivity contribution < 1.29 is 28.7 Å². The molecule has 0 atom stereocenters. The highest BCUT2D eigenvalue weighted by Gasteiger charge is 2.22. The maximum atomic E-state index is 13.9. The van der Waals surface area contributed by atoms with E-state index in [9.17, 15) is 24.1 Å². The first kappa shape index (κ1) is 16.3. The molecule has 0 amide bonds. The zero-order chi connectivity index (χ0) is 16.0. The Balaban J connectivity index is 3.16. The van der Waals surface area contributed by atoms with Crippen molar-refractivity contribution in [1.29, 1.82) is 0 Å². The molecule has 0 aliphatic carbocycles. The molecule has 0 unspecified atom stereocenters. The van der Waals surface area contributed by atoms with Crippen LogP contribution in [0.3, 0.4) is 0 Å². The molecule has 21 heavy (non-hydrogen) atoms. The number of anilines is 1. The van der Waals surface area contributed by atoms with Gasteiger partial charge in [0.05, 0.1) is 35.3 Å². The zero-order valence-electron chi connectivity index (χ0n) is 11.1. The summed E-state index contributed by atoms with van der Waals surface area (Å²) in [7, 11) is 0. The summed E-state index contributed by atoms with van der Waals surface area (Å²) in [4.78, 5) is 32.0. The van der Waals surface area contributed by atoms with Crippen LogP contribution in [0.1, 0.15) is 23.7 Å². The minimum Gasteiger partial charge on any atom is -0.481 e. The Morgan fingerprint density at radius 3 is 2.67 bits per heavy atom. The van der Waals surface area contributed by atoms with Crippen LogP contribution >= 0.6 is 0 Å². The average molecular weight is 300 g/mol. The molecule has 1 rings (SSSR count). The van der Waals surface area contributed by atoms with Gasteiger partial charge >= 0.3 is 11.9 Å². The van der Waals surface area contributed by atoms with Crippen LogP contribution in [0.2, 0.25) is 0 Å². The van der Waals surface area contributed by atoms with Gasteiger partial charge in [0, 0.05) is 12.6 Å². The fourth-order valence-electron chi connectivity index (χ4n) is 1.54. The molecule has 0 aliphatic rings. The van der Waals surface area contributed by atoms with E-state index in [0.29, 0.717) is 6.07 Å². The van der Waals surface area contributed by atoms with E-state index in [1.807, 2.05) is 0 Å². The SMILES string of the molecule is CCOC(=O)c1cc([N+](=O)[O-])cc(F)c1NCCC(=O)O. The molecule has 1 aromatic carbocycles. The van der Waals surface area contributed by atoms with Crippen LogP contribution in [0, 0.1) is 15.9 Å². The van der Waals surface area contributed by atoms with Gasteiger partial charge < -0.3 is 15.2 Å². The number of carbonyl (C=O) groups is 2. The fraction of sp³-hybridized carbons (Fsp3) is 0.333. The second kappa shape index (κ2) is 7.17. The number of esters is 1. The number of nitro benzene ring substituents is 1. The summed E-state index contributed by atoms with van der Waals surface area (Å²) in [5, 5.41) is 21.7. The Hall–Kier alpha value is -2.71. The van der Waals surface area contributed by atoms with Crippen LogP contribution < -0.4 is 5.32 Å². The second-order valence-corrected chi connectivity index (χ2v) is 3.90. The molecule has 0 aliphatic heterocycles. The first-order valence-electron chi connectivity index (χ1n) is 5.97. The Morgan fingerprint density at radius 2 is 2.14 bits per heavy atom. The lowest BCUT2D eigenvalue weighted by molar-refractivity contribution is -0.385. The van der Waals surface area contributed by atoms with Crippen LogP contribution in [-0.4, -0.2) is 35.1 Å². The Labute approximate surface area is 118 Å². The number of benzene rings is 1. The van der Waals surface area contributed by atoms with Gasteiger partial charge in [0.25, 0.3) is 5.69 Å². The van der Waals surface area contributed by atoms with Gasteiger partial charge in [-0.3, -0.25) is 14.9 Å². The van der Waals surface area contributed by atoms with E-state index in [2.05, 4.69) is 5.32 Å². The van der Waals surface area contributed by atoms with E-state index >= 15 is 0 Å². The van der Waals surface area contributed by atoms with Gasteiger partial charge in [0.1, 0.15) is 0 Å². The predicted octanol–water partition coefficient (Wildman–Crippen LogP) is 1.80. The molecule has 8 nitrogen and oxygen atoms in total. The van der Waals surface area contributed by atoms with Gasteiger partial charge in [-0.15, -0.1) is 0 Å². The molecule has 0 heterocycles. The first-order valence-corrected chi connectivity index (χ1v) is 5.97. The van der Waals surface area contributed by atoms with Crippen molar-refractivity contribution in [1.82, 2.24) is 0 Å². The number of carbonyl (C=O) groups excluding carboxylic acids is 1. The summed E-state index contributed by atoms with van der Waals surface area (Å²) in [6.45, 7) is 1.40. The third kappa shape index (κ3) is 4.41. The molecular formula is C12H13FN2O6. The normalized spacial score (nSPS) is 10.0. The molecule has 0 aromatic heterocycles. The van der Waals surface area contributed by atoms with Gasteiger partial charge in [-0.05, 0) is 6.92 Å². The topological polar surface area (TPSA) is 119 Å². The molecule has 0 bridgehead atoms. The Morgan fingerprint density at radius 1 is 1.48 bits per heavy atom. The maximum Gasteiger partial charge on any atom is 0.340 e. The van der Waals surface area contributed by atoms with Crippen molar-refractivity contribution in [3.63, 3.8) is 0 Å². The van der Waals surface area contributed by atoms with Crippen molar-refractivity contribution >= 4 is 23.3 Å². The van der Waals surface area contributed by atoms with Crippen molar-refractivity contribution in [2.75, 3.05) is 18.5 Å². The summed E-state index contributed by atoms with van der Waals surface area (Å²) < 4.78 is 18.6. The maximum absolute atomic E-state index is 13.9. The largest absolute Gasteiger partial charge is 0.481 e. The van der Waals surface area contributed by atoms with E-state index < -0.39 is 28.4 Å².